The van der Waals surface area contributed by atoms with Crippen LogP contribution < -0.4 is 15.5 Å². The van der Waals surface area contributed by atoms with Crippen molar-refractivity contribution in [2.75, 3.05) is 18.4 Å². The number of carbonyl (C=O) groups excluding carboxylic acids is 1. The Balaban J connectivity index is 1.68. The fraction of sp³-hybridized carbons (Fsp3) is 0.353. The van der Waals surface area contributed by atoms with Crippen molar-refractivity contribution >= 4 is 22.2 Å². The zero-order valence-corrected chi connectivity index (χ0v) is 13.8. The number of phenolic OH excluding ortho intramolecular Hbond substituents is 1. The lowest BCUT2D eigenvalue weighted by molar-refractivity contribution is -0.913. The van der Waals surface area contributed by atoms with Gasteiger partial charge in [-0.3, -0.25) is 4.79 Å². The van der Waals surface area contributed by atoms with Crippen molar-refractivity contribution in [2.24, 2.45) is 0 Å². The number of nitrogens with one attached hydrogen (secondary N) is 3. The SMILES string of the molecule is CC[NH+]1CCc2c(sc3c2C(=O)N[C@@H](c2cccc(O)c2)N3)C1. The molecule has 5 nitrogen and oxygen atoms in total. The van der Waals surface area contributed by atoms with Gasteiger partial charge < -0.3 is 20.6 Å². The summed E-state index contributed by atoms with van der Waals surface area (Å²) in [5, 5.41) is 17.1. The number of phenols is 1. The van der Waals surface area contributed by atoms with Gasteiger partial charge in [-0.2, -0.15) is 0 Å². The first-order valence-corrected chi connectivity index (χ1v) is 8.81. The Morgan fingerprint density at radius 3 is 3.04 bits per heavy atom. The predicted molar refractivity (Wildman–Crippen MR) is 90.0 cm³/mol. The first-order valence-electron chi connectivity index (χ1n) is 8.00. The number of thiophene rings is 1. The molecule has 2 aromatic rings. The number of hydrogen-bond donors (Lipinski definition) is 4. The van der Waals surface area contributed by atoms with E-state index in [0.717, 1.165) is 42.2 Å². The minimum absolute atomic E-state index is 0.00968. The molecule has 3 heterocycles. The summed E-state index contributed by atoms with van der Waals surface area (Å²) in [5.41, 5.74) is 2.91. The van der Waals surface area contributed by atoms with Gasteiger partial charge in [-0.15, -0.1) is 11.3 Å². The molecule has 0 saturated carbocycles. The third kappa shape index (κ3) is 2.48. The highest BCUT2D eigenvalue weighted by atomic mass is 32.1. The summed E-state index contributed by atoms with van der Waals surface area (Å²) in [4.78, 5) is 15.5. The van der Waals surface area contributed by atoms with Crippen LogP contribution in [0.3, 0.4) is 0 Å². The lowest BCUT2D eigenvalue weighted by Crippen LogP contribution is -3.11. The number of benzene rings is 1. The minimum atomic E-state index is -0.295. The number of anilines is 1. The van der Waals surface area contributed by atoms with Gasteiger partial charge in [0.15, 0.2) is 0 Å². The minimum Gasteiger partial charge on any atom is -0.508 e. The van der Waals surface area contributed by atoms with Crippen molar-refractivity contribution in [3.05, 3.63) is 45.8 Å². The number of hydrogen-bond acceptors (Lipinski definition) is 4. The van der Waals surface area contributed by atoms with Gasteiger partial charge in [-0.05, 0) is 30.2 Å². The lowest BCUT2D eigenvalue weighted by atomic mass is 10.0. The Bertz CT molecular complexity index is 771. The summed E-state index contributed by atoms with van der Waals surface area (Å²) in [5.74, 6) is 0.196. The van der Waals surface area contributed by atoms with E-state index in [1.54, 1.807) is 34.4 Å². The van der Waals surface area contributed by atoms with Crippen molar-refractivity contribution < 1.29 is 14.8 Å². The monoisotopic (exact) mass is 330 g/mol. The van der Waals surface area contributed by atoms with Gasteiger partial charge in [0.25, 0.3) is 5.91 Å². The smallest absolute Gasteiger partial charge is 0.256 e. The molecule has 1 aromatic carbocycles. The molecule has 1 aromatic heterocycles. The Morgan fingerprint density at radius 2 is 2.26 bits per heavy atom. The quantitative estimate of drug-likeness (QED) is 0.670. The first kappa shape index (κ1) is 14.5. The average Bonchev–Trinajstić information content (AvgIpc) is 2.92. The van der Waals surface area contributed by atoms with Crippen LogP contribution in [0.1, 0.15) is 39.5 Å². The van der Waals surface area contributed by atoms with E-state index in [4.69, 9.17) is 0 Å². The number of aromatic hydroxyl groups is 1. The van der Waals surface area contributed by atoms with Crippen LogP contribution in [-0.2, 0) is 13.0 Å². The van der Waals surface area contributed by atoms with E-state index >= 15 is 0 Å². The van der Waals surface area contributed by atoms with Crippen LogP contribution in [0.15, 0.2) is 24.3 Å². The van der Waals surface area contributed by atoms with E-state index in [-0.39, 0.29) is 17.8 Å². The maximum Gasteiger partial charge on any atom is 0.256 e. The number of quaternary nitrogens is 1. The molecule has 2 aliphatic rings. The average molecular weight is 330 g/mol. The summed E-state index contributed by atoms with van der Waals surface area (Å²) < 4.78 is 0. The van der Waals surface area contributed by atoms with Crippen molar-refractivity contribution in [1.82, 2.24) is 5.32 Å². The van der Waals surface area contributed by atoms with Crippen LogP contribution in [0.2, 0.25) is 0 Å². The number of rotatable bonds is 2. The van der Waals surface area contributed by atoms with Crippen LogP contribution in [0.5, 0.6) is 5.75 Å². The Kier molecular flexibility index (Phi) is 3.50. The molecule has 2 atom stereocenters. The molecule has 2 aliphatic heterocycles. The van der Waals surface area contributed by atoms with E-state index in [1.165, 1.54) is 10.4 Å². The largest absolute Gasteiger partial charge is 0.508 e. The Hall–Kier alpha value is -2.05. The molecular formula is C17H20N3O2S+. The Labute approximate surface area is 138 Å². The molecule has 0 fully saturated rings. The third-order valence-electron chi connectivity index (χ3n) is 4.71. The molecule has 0 aliphatic carbocycles. The van der Waals surface area contributed by atoms with Gasteiger partial charge in [0.05, 0.1) is 23.5 Å². The third-order valence-corrected chi connectivity index (χ3v) is 5.87. The van der Waals surface area contributed by atoms with Gasteiger partial charge in [-0.1, -0.05) is 12.1 Å². The van der Waals surface area contributed by atoms with Gasteiger partial charge in [-0.25, -0.2) is 0 Å². The van der Waals surface area contributed by atoms with Crippen LogP contribution in [0.4, 0.5) is 5.00 Å². The molecule has 1 unspecified atom stereocenters. The normalized spacial score (nSPS) is 22.7. The molecule has 0 bridgehead atoms. The molecule has 23 heavy (non-hydrogen) atoms. The highest BCUT2D eigenvalue weighted by molar-refractivity contribution is 7.16. The number of likely N-dealkylation sites (N-methyl/N-ethyl adjacent to an activating group) is 1. The standard InChI is InChI=1S/C17H19N3O2S/c1-2-20-7-6-12-13(9-20)23-17-14(12)16(22)18-15(19-17)10-4-3-5-11(21)8-10/h3-5,8,15,19,21H,2,6-7,9H2,1H3,(H,18,22)/p+1/t15-/m1/s1. The molecule has 6 heteroatoms. The van der Waals surface area contributed by atoms with Gasteiger partial charge >= 0.3 is 0 Å². The summed E-state index contributed by atoms with van der Waals surface area (Å²) in [6.07, 6.45) is 0.674. The van der Waals surface area contributed by atoms with E-state index in [1.807, 2.05) is 6.07 Å². The van der Waals surface area contributed by atoms with Crippen molar-refractivity contribution in [3.8, 4) is 5.75 Å². The van der Waals surface area contributed by atoms with Crippen LogP contribution >= 0.6 is 11.3 Å². The second kappa shape index (κ2) is 5.54. The highest BCUT2D eigenvalue weighted by Crippen LogP contribution is 2.39. The first-order chi connectivity index (χ1) is 11.2. The maximum atomic E-state index is 12.6. The molecule has 0 spiro atoms. The predicted octanol–water partition coefficient (Wildman–Crippen LogP) is 1.27. The zero-order valence-electron chi connectivity index (χ0n) is 13.0. The van der Waals surface area contributed by atoms with Crippen LogP contribution in [0.25, 0.3) is 0 Å². The van der Waals surface area contributed by atoms with Crippen LogP contribution in [0, 0.1) is 0 Å². The second-order valence-corrected chi connectivity index (χ2v) is 7.24. The van der Waals surface area contributed by atoms with Crippen molar-refractivity contribution in [1.29, 1.82) is 0 Å². The number of amides is 1. The summed E-state index contributed by atoms with van der Waals surface area (Å²) >= 11 is 1.71. The molecule has 4 rings (SSSR count). The molecular weight excluding hydrogens is 310 g/mol. The fourth-order valence-electron chi connectivity index (χ4n) is 3.42. The highest BCUT2D eigenvalue weighted by Gasteiger charge is 2.34. The van der Waals surface area contributed by atoms with Crippen molar-refractivity contribution in [2.45, 2.75) is 26.1 Å². The molecule has 1 amide bonds. The van der Waals surface area contributed by atoms with Crippen molar-refractivity contribution in [3.63, 3.8) is 0 Å². The topological polar surface area (TPSA) is 65.8 Å². The zero-order chi connectivity index (χ0) is 16.0. The Morgan fingerprint density at radius 1 is 1.39 bits per heavy atom. The second-order valence-electron chi connectivity index (χ2n) is 6.13. The van der Waals surface area contributed by atoms with E-state index in [0.29, 0.717) is 0 Å². The van der Waals surface area contributed by atoms with Gasteiger partial charge in [0.1, 0.15) is 23.5 Å². The fourth-order valence-corrected chi connectivity index (χ4v) is 4.77. The molecule has 0 radical (unpaired) electrons. The number of carbonyl (C=O) groups is 1. The van der Waals surface area contributed by atoms with E-state index in [9.17, 15) is 9.90 Å². The number of fused-ring (bicyclic) bond motifs is 3. The van der Waals surface area contributed by atoms with E-state index in [2.05, 4.69) is 17.6 Å². The lowest BCUT2D eigenvalue weighted by Gasteiger charge is -2.27. The summed E-state index contributed by atoms with van der Waals surface area (Å²) in [6, 6.07) is 7.00. The molecule has 0 saturated heterocycles. The summed E-state index contributed by atoms with van der Waals surface area (Å²) in [6.45, 7) is 5.43. The molecule has 4 N–H and O–H groups in total. The summed E-state index contributed by atoms with van der Waals surface area (Å²) in [7, 11) is 0. The van der Waals surface area contributed by atoms with Crippen LogP contribution in [-0.4, -0.2) is 24.1 Å². The van der Waals surface area contributed by atoms with E-state index < -0.39 is 0 Å². The molecule has 120 valence electrons. The maximum absolute atomic E-state index is 12.6. The van der Waals surface area contributed by atoms with Gasteiger partial charge in [0, 0.05) is 6.42 Å². The van der Waals surface area contributed by atoms with Gasteiger partial charge in [0.2, 0.25) is 0 Å².